The summed E-state index contributed by atoms with van der Waals surface area (Å²) in [7, 11) is 5.06. The second kappa shape index (κ2) is 9.14. The fourth-order valence-electron chi connectivity index (χ4n) is 5.06. The summed E-state index contributed by atoms with van der Waals surface area (Å²) in [5, 5.41) is 0. The van der Waals surface area contributed by atoms with Crippen molar-refractivity contribution in [2.75, 3.05) is 21.3 Å². The largest absolute Gasteiger partial charge is 0.497 e. The van der Waals surface area contributed by atoms with E-state index in [9.17, 15) is 0 Å². The zero-order valence-electron chi connectivity index (χ0n) is 20.9. The van der Waals surface area contributed by atoms with E-state index < -0.39 is 0 Å². The Morgan fingerprint density at radius 1 is 0.800 bits per heavy atom. The van der Waals surface area contributed by atoms with Gasteiger partial charge in [0, 0.05) is 29.2 Å². The molecule has 1 heterocycles. The molecule has 0 fully saturated rings. The molecule has 180 valence electrons. The molecule has 5 nitrogen and oxygen atoms in total. The molecule has 1 aliphatic heterocycles. The monoisotopic (exact) mass is 469 g/mol. The van der Waals surface area contributed by atoms with Gasteiger partial charge in [0.2, 0.25) is 0 Å². The van der Waals surface area contributed by atoms with Crippen molar-refractivity contribution in [2.45, 2.75) is 32.6 Å². The molecule has 2 aliphatic rings. The first-order valence-electron chi connectivity index (χ1n) is 11.9. The quantitative estimate of drug-likeness (QED) is 0.400. The standard InChI is InChI=1S/C30H31NO4/c1-30(2)17-25(31-20-9-11-21(32-3)12-10-20)29-27(18-30)35-26-14-13-23(34-5)16-24(26)28(29)19-7-6-8-22(15-19)33-4/h6-16,28H,17-18H2,1-5H3/t28-/m0/s1. The molecule has 0 unspecified atom stereocenters. The topological polar surface area (TPSA) is 49.3 Å². The molecule has 0 saturated heterocycles. The maximum absolute atomic E-state index is 6.58. The van der Waals surface area contributed by atoms with E-state index in [-0.39, 0.29) is 11.3 Å². The third kappa shape index (κ3) is 4.51. The summed E-state index contributed by atoms with van der Waals surface area (Å²) in [6, 6.07) is 22.2. The normalized spacial score (nSPS) is 19.5. The Labute approximate surface area is 207 Å². The Bertz CT molecular complexity index is 1300. The molecule has 3 aromatic rings. The molecule has 1 atom stereocenters. The summed E-state index contributed by atoms with van der Waals surface area (Å²) >= 11 is 0. The summed E-state index contributed by atoms with van der Waals surface area (Å²) in [6.45, 7) is 4.54. The van der Waals surface area contributed by atoms with Crippen LogP contribution in [-0.4, -0.2) is 27.0 Å². The van der Waals surface area contributed by atoms with E-state index in [0.717, 1.165) is 69.7 Å². The van der Waals surface area contributed by atoms with Gasteiger partial charge < -0.3 is 18.9 Å². The molecule has 0 amide bonds. The van der Waals surface area contributed by atoms with Crippen molar-refractivity contribution in [3.63, 3.8) is 0 Å². The van der Waals surface area contributed by atoms with Gasteiger partial charge in [-0.1, -0.05) is 26.0 Å². The molecule has 5 rings (SSSR count). The fraction of sp³-hybridized carbons (Fsp3) is 0.300. The SMILES string of the molecule is COc1ccc(N=C2CC(C)(C)CC3=C2[C@@H](c2cccc(OC)c2)c2cc(OC)ccc2O3)cc1. The van der Waals surface area contributed by atoms with Crippen molar-refractivity contribution in [3.05, 3.63) is 89.2 Å². The highest BCUT2D eigenvalue weighted by Gasteiger charge is 2.41. The minimum absolute atomic E-state index is 0.0209. The highest BCUT2D eigenvalue weighted by Crippen LogP contribution is 2.51. The van der Waals surface area contributed by atoms with Crippen LogP contribution in [0.3, 0.4) is 0 Å². The number of benzene rings is 3. The Hall–Kier alpha value is -3.73. The maximum atomic E-state index is 6.58. The molecule has 0 radical (unpaired) electrons. The Morgan fingerprint density at radius 2 is 1.49 bits per heavy atom. The number of ether oxygens (including phenoxy) is 4. The Kier molecular flexibility index (Phi) is 6.01. The van der Waals surface area contributed by atoms with Crippen LogP contribution in [0.1, 0.15) is 43.7 Å². The van der Waals surface area contributed by atoms with Crippen molar-refractivity contribution < 1.29 is 18.9 Å². The van der Waals surface area contributed by atoms with E-state index in [1.807, 2.05) is 48.5 Å². The van der Waals surface area contributed by atoms with Gasteiger partial charge in [-0.05, 0) is 72.0 Å². The highest BCUT2D eigenvalue weighted by molar-refractivity contribution is 6.05. The zero-order chi connectivity index (χ0) is 24.6. The predicted octanol–water partition coefficient (Wildman–Crippen LogP) is 7.08. The minimum atomic E-state index is -0.0490. The number of allylic oxidation sites excluding steroid dienone is 2. The second-order valence-electron chi connectivity index (χ2n) is 9.83. The predicted molar refractivity (Wildman–Crippen MR) is 139 cm³/mol. The van der Waals surface area contributed by atoms with Gasteiger partial charge in [-0.3, -0.25) is 4.99 Å². The van der Waals surface area contributed by atoms with Crippen molar-refractivity contribution in [1.82, 2.24) is 0 Å². The number of fused-ring (bicyclic) bond motifs is 1. The van der Waals surface area contributed by atoms with Crippen LogP contribution in [0.15, 0.2) is 83.1 Å². The Morgan fingerprint density at radius 3 is 2.20 bits per heavy atom. The van der Waals surface area contributed by atoms with Crippen LogP contribution >= 0.6 is 0 Å². The smallest absolute Gasteiger partial charge is 0.131 e. The van der Waals surface area contributed by atoms with Crippen LogP contribution in [0.2, 0.25) is 0 Å². The summed E-state index contributed by atoms with van der Waals surface area (Å²) in [4.78, 5) is 5.17. The van der Waals surface area contributed by atoms with Crippen molar-refractivity contribution in [2.24, 2.45) is 10.4 Å². The van der Waals surface area contributed by atoms with Crippen LogP contribution in [0, 0.1) is 5.41 Å². The van der Waals surface area contributed by atoms with E-state index >= 15 is 0 Å². The molecule has 3 aromatic carbocycles. The number of hydrogen-bond donors (Lipinski definition) is 0. The molecule has 0 bridgehead atoms. The van der Waals surface area contributed by atoms with E-state index in [4.69, 9.17) is 23.9 Å². The molecule has 0 spiro atoms. The number of nitrogens with zero attached hydrogens (tertiary/aromatic N) is 1. The van der Waals surface area contributed by atoms with Crippen molar-refractivity contribution in [1.29, 1.82) is 0 Å². The minimum Gasteiger partial charge on any atom is -0.497 e. The first-order chi connectivity index (χ1) is 16.9. The lowest BCUT2D eigenvalue weighted by Crippen LogP contribution is -2.33. The van der Waals surface area contributed by atoms with Crippen LogP contribution in [0.4, 0.5) is 5.69 Å². The van der Waals surface area contributed by atoms with E-state index in [0.29, 0.717) is 0 Å². The molecule has 0 N–H and O–H groups in total. The molecule has 35 heavy (non-hydrogen) atoms. The first kappa shape index (κ1) is 23.0. The lowest BCUT2D eigenvalue weighted by Gasteiger charge is -2.40. The van der Waals surface area contributed by atoms with Crippen molar-refractivity contribution >= 4 is 11.4 Å². The van der Waals surface area contributed by atoms with E-state index in [1.165, 1.54) is 0 Å². The Balaban J connectivity index is 1.72. The van der Waals surface area contributed by atoms with Gasteiger partial charge in [-0.25, -0.2) is 0 Å². The van der Waals surface area contributed by atoms with Crippen LogP contribution in [0.25, 0.3) is 0 Å². The van der Waals surface area contributed by atoms with Crippen LogP contribution in [-0.2, 0) is 0 Å². The lowest BCUT2D eigenvalue weighted by molar-refractivity contribution is 0.278. The zero-order valence-corrected chi connectivity index (χ0v) is 20.9. The number of hydrogen-bond acceptors (Lipinski definition) is 5. The molecule has 0 saturated carbocycles. The van der Waals surface area contributed by atoms with Gasteiger partial charge in [0.15, 0.2) is 0 Å². The van der Waals surface area contributed by atoms with Crippen molar-refractivity contribution in [3.8, 4) is 23.0 Å². The number of rotatable bonds is 5. The van der Waals surface area contributed by atoms with Gasteiger partial charge in [0.25, 0.3) is 0 Å². The third-order valence-electron chi connectivity index (χ3n) is 6.71. The molecular formula is C30H31NO4. The summed E-state index contributed by atoms with van der Waals surface area (Å²) in [5.74, 6) is 4.23. The maximum Gasteiger partial charge on any atom is 0.131 e. The highest BCUT2D eigenvalue weighted by atomic mass is 16.5. The summed E-state index contributed by atoms with van der Waals surface area (Å²) < 4.78 is 23.1. The summed E-state index contributed by atoms with van der Waals surface area (Å²) in [6.07, 6.45) is 1.69. The average Bonchev–Trinajstić information content (AvgIpc) is 2.87. The number of methoxy groups -OCH3 is 3. The second-order valence-corrected chi connectivity index (χ2v) is 9.83. The van der Waals surface area contributed by atoms with Gasteiger partial charge in [0.05, 0.1) is 27.0 Å². The molecule has 1 aliphatic carbocycles. The molecule has 5 heteroatoms. The molecular weight excluding hydrogens is 438 g/mol. The van der Waals surface area contributed by atoms with E-state index in [1.54, 1.807) is 21.3 Å². The number of aliphatic imine (C=N–C) groups is 1. The van der Waals surface area contributed by atoms with Gasteiger partial charge >= 0.3 is 0 Å². The first-order valence-corrected chi connectivity index (χ1v) is 11.9. The third-order valence-corrected chi connectivity index (χ3v) is 6.71. The molecule has 0 aromatic heterocycles. The summed E-state index contributed by atoms with van der Waals surface area (Å²) in [5.41, 5.74) is 5.30. The van der Waals surface area contributed by atoms with E-state index in [2.05, 4.69) is 32.0 Å². The lowest BCUT2D eigenvalue weighted by atomic mass is 9.69. The fourth-order valence-corrected chi connectivity index (χ4v) is 5.06. The van der Waals surface area contributed by atoms with Gasteiger partial charge in [-0.15, -0.1) is 0 Å². The average molecular weight is 470 g/mol. The van der Waals surface area contributed by atoms with Crippen LogP contribution in [0.5, 0.6) is 23.0 Å². The van der Waals surface area contributed by atoms with Crippen LogP contribution < -0.4 is 18.9 Å². The van der Waals surface area contributed by atoms with Gasteiger partial charge in [-0.2, -0.15) is 0 Å². The van der Waals surface area contributed by atoms with Gasteiger partial charge in [0.1, 0.15) is 28.8 Å².